The van der Waals surface area contributed by atoms with Crippen molar-refractivity contribution >= 4 is 5.91 Å². The van der Waals surface area contributed by atoms with E-state index in [1.54, 1.807) is 0 Å². The number of amides is 1. The van der Waals surface area contributed by atoms with Crippen LogP contribution in [0.1, 0.15) is 26.2 Å². The molecule has 0 atom stereocenters. The quantitative estimate of drug-likeness (QED) is 0.693. The van der Waals surface area contributed by atoms with Gasteiger partial charge in [0.1, 0.15) is 5.82 Å². The van der Waals surface area contributed by atoms with E-state index in [0.717, 1.165) is 12.8 Å². The Labute approximate surface area is 77.6 Å². The standard InChI is InChI=1S/C9H13N3O/c1-2-3-4-12-8(13)5-7(6-10)9(12)11/h2-5,11H2,1H3. The van der Waals surface area contributed by atoms with E-state index in [1.165, 1.54) is 4.90 Å². The number of rotatable bonds is 3. The number of hydrogen-bond acceptors (Lipinski definition) is 3. The maximum atomic E-state index is 11.3. The molecule has 0 unspecified atom stereocenters. The monoisotopic (exact) mass is 179 g/mol. The molecule has 4 nitrogen and oxygen atoms in total. The van der Waals surface area contributed by atoms with E-state index in [4.69, 9.17) is 11.0 Å². The summed E-state index contributed by atoms with van der Waals surface area (Å²) in [7, 11) is 0. The molecule has 0 aromatic heterocycles. The minimum atomic E-state index is -0.0532. The van der Waals surface area contributed by atoms with E-state index < -0.39 is 0 Å². The minimum Gasteiger partial charge on any atom is -0.384 e. The van der Waals surface area contributed by atoms with Gasteiger partial charge in [-0.15, -0.1) is 0 Å². The van der Waals surface area contributed by atoms with Gasteiger partial charge in [-0.3, -0.25) is 9.69 Å². The number of carbonyl (C=O) groups excluding carboxylic acids is 1. The van der Waals surface area contributed by atoms with Gasteiger partial charge in [0, 0.05) is 6.54 Å². The van der Waals surface area contributed by atoms with Gasteiger partial charge in [-0.25, -0.2) is 0 Å². The van der Waals surface area contributed by atoms with Crippen LogP contribution in [0.4, 0.5) is 0 Å². The molecule has 1 heterocycles. The second-order valence-electron chi connectivity index (χ2n) is 3.05. The highest BCUT2D eigenvalue weighted by Gasteiger charge is 2.27. The van der Waals surface area contributed by atoms with Crippen molar-refractivity contribution in [2.24, 2.45) is 5.73 Å². The first-order valence-corrected chi connectivity index (χ1v) is 4.39. The largest absolute Gasteiger partial charge is 0.384 e. The van der Waals surface area contributed by atoms with Gasteiger partial charge in [-0.05, 0) is 6.42 Å². The highest BCUT2D eigenvalue weighted by molar-refractivity contribution is 5.85. The van der Waals surface area contributed by atoms with E-state index in [2.05, 4.69) is 0 Å². The molecule has 0 radical (unpaired) electrons. The summed E-state index contributed by atoms with van der Waals surface area (Å²) in [4.78, 5) is 12.8. The smallest absolute Gasteiger partial charge is 0.233 e. The van der Waals surface area contributed by atoms with Crippen LogP contribution in [0.15, 0.2) is 11.4 Å². The number of hydrogen-bond donors (Lipinski definition) is 1. The summed E-state index contributed by atoms with van der Waals surface area (Å²) in [6.45, 7) is 2.68. The molecule has 1 aliphatic rings. The van der Waals surface area contributed by atoms with Crippen molar-refractivity contribution in [1.29, 1.82) is 5.26 Å². The van der Waals surface area contributed by atoms with Crippen molar-refractivity contribution < 1.29 is 4.79 Å². The Bertz CT molecular complexity index is 288. The van der Waals surface area contributed by atoms with Crippen LogP contribution in [0.25, 0.3) is 0 Å². The van der Waals surface area contributed by atoms with Crippen molar-refractivity contribution in [3.05, 3.63) is 11.4 Å². The molecule has 0 bridgehead atoms. The van der Waals surface area contributed by atoms with Crippen molar-refractivity contribution in [2.75, 3.05) is 6.54 Å². The van der Waals surface area contributed by atoms with E-state index in [0.29, 0.717) is 17.9 Å². The lowest BCUT2D eigenvalue weighted by Gasteiger charge is -2.16. The maximum absolute atomic E-state index is 11.3. The molecular weight excluding hydrogens is 166 g/mol. The third kappa shape index (κ3) is 1.81. The number of nitrogens with zero attached hydrogens (tertiary/aromatic N) is 2. The summed E-state index contributed by atoms with van der Waals surface area (Å²) in [5, 5.41) is 8.63. The SMILES string of the molecule is CCCCN1C(=O)CC(C#N)=C1N. The van der Waals surface area contributed by atoms with Gasteiger partial charge in [0.25, 0.3) is 0 Å². The van der Waals surface area contributed by atoms with Crippen LogP contribution >= 0.6 is 0 Å². The van der Waals surface area contributed by atoms with E-state index in [9.17, 15) is 4.79 Å². The lowest BCUT2D eigenvalue weighted by atomic mass is 10.2. The number of nitrogens with two attached hydrogens (primary N) is 1. The van der Waals surface area contributed by atoms with Gasteiger partial charge in [0.15, 0.2) is 0 Å². The van der Waals surface area contributed by atoms with Crippen LogP contribution in [0, 0.1) is 11.3 Å². The first kappa shape index (κ1) is 9.59. The molecule has 0 saturated heterocycles. The Kier molecular flexibility index (Phi) is 2.91. The Balaban J connectivity index is 2.70. The van der Waals surface area contributed by atoms with Crippen LogP contribution in [0.5, 0.6) is 0 Å². The van der Waals surface area contributed by atoms with Crippen molar-refractivity contribution in [1.82, 2.24) is 4.90 Å². The second kappa shape index (κ2) is 3.94. The van der Waals surface area contributed by atoms with Crippen molar-refractivity contribution in [3.8, 4) is 6.07 Å². The van der Waals surface area contributed by atoms with Crippen LogP contribution < -0.4 is 5.73 Å². The maximum Gasteiger partial charge on any atom is 0.233 e. The number of nitriles is 1. The number of unbranched alkanes of at least 4 members (excludes halogenated alkanes) is 1. The predicted octanol–water partition coefficient (Wildman–Crippen LogP) is 0.713. The van der Waals surface area contributed by atoms with Crippen LogP contribution in [-0.2, 0) is 4.79 Å². The Morgan fingerprint density at radius 2 is 2.38 bits per heavy atom. The highest BCUT2D eigenvalue weighted by atomic mass is 16.2. The molecule has 0 spiro atoms. The second-order valence-corrected chi connectivity index (χ2v) is 3.05. The molecule has 0 aromatic carbocycles. The third-order valence-electron chi connectivity index (χ3n) is 2.10. The predicted molar refractivity (Wildman–Crippen MR) is 48.1 cm³/mol. The average Bonchev–Trinajstić information content (AvgIpc) is 2.39. The molecule has 1 aliphatic heterocycles. The molecule has 0 aliphatic carbocycles. The number of carbonyl (C=O) groups is 1. The summed E-state index contributed by atoms with van der Waals surface area (Å²) >= 11 is 0. The van der Waals surface area contributed by atoms with Crippen molar-refractivity contribution in [2.45, 2.75) is 26.2 Å². The molecule has 2 N–H and O–H groups in total. The van der Waals surface area contributed by atoms with Crippen LogP contribution in [-0.4, -0.2) is 17.4 Å². The third-order valence-corrected chi connectivity index (χ3v) is 2.10. The molecule has 13 heavy (non-hydrogen) atoms. The molecule has 70 valence electrons. The fourth-order valence-corrected chi connectivity index (χ4v) is 1.29. The lowest BCUT2D eigenvalue weighted by molar-refractivity contribution is -0.127. The van der Waals surface area contributed by atoms with E-state index in [1.807, 2.05) is 13.0 Å². The first-order valence-electron chi connectivity index (χ1n) is 4.39. The van der Waals surface area contributed by atoms with E-state index in [-0.39, 0.29) is 12.3 Å². The normalized spacial score (nSPS) is 16.6. The van der Waals surface area contributed by atoms with Gasteiger partial charge >= 0.3 is 0 Å². The summed E-state index contributed by atoms with van der Waals surface area (Å²) in [5.41, 5.74) is 6.03. The average molecular weight is 179 g/mol. The molecule has 0 fully saturated rings. The van der Waals surface area contributed by atoms with Gasteiger partial charge in [-0.2, -0.15) is 5.26 Å². The van der Waals surface area contributed by atoms with Gasteiger partial charge in [-0.1, -0.05) is 13.3 Å². The minimum absolute atomic E-state index is 0.0532. The summed E-state index contributed by atoms with van der Waals surface area (Å²) in [5.74, 6) is 0.295. The van der Waals surface area contributed by atoms with Gasteiger partial charge < -0.3 is 5.73 Å². The van der Waals surface area contributed by atoms with Crippen molar-refractivity contribution in [3.63, 3.8) is 0 Å². The summed E-state index contributed by atoms with van der Waals surface area (Å²) < 4.78 is 0. The molecule has 4 heteroatoms. The molecular formula is C9H13N3O. The molecule has 0 aromatic rings. The van der Waals surface area contributed by atoms with Crippen LogP contribution in [0.3, 0.4) is 0 Å². The zero-order valence-corrected chi connectivity index (χ0v) is 7.71. The Morgan fingerprint density at radius 3 is 2.85 bits per heavy atom. The lowest BCUT2D eigenvalue weighted by Crippen LogP contribution is -2.29. The fraction of sp³-hybridized carbons (Fsp3) is 0.556. The Morgan fingerprint density at radius 1 is 1.69 bits per heavy atom. The Hall–Kier alpha value is -1.50. The zero-order chi connectivity index (χ0) is 9.84. The fourth-order valence-electron chi connectivity index (χ4n) is 1.29. The van der Waals surface area contributed by atoms with Gasteiger partial charge in [0.05, 0.1) is 18.1 Å². The molecule has 1 amide bonds. The first-order chi connectivity index (χ1) is 6.20. The van der Waals surface area contributed by atoms with Gasteiger partial charge in [0.2, 0.25) is 5.91 Å². The summed E-state index contributed by atoms with van der Waals surface area (Å²) in [6.07, 6.45) is 2.11. The van der Waals surface area contributed by atoms with Crippen LogP contribution in [0.2, 0.25) is 0 Å². The molecule has 0 saturated carbocycles. The highest BCUT2D eigenvalue weighted by Crippen LogP contribution is 2.19. The molecule has 1 rings (SSSR count). The zero-order valence-electron chi connectivity index (χ0n) is 7.71. The summed E-state index contributed by atoms with van der Waals surface area (Å²) in [6, 6.07) is 1.94. The topological polar surface area (TPSA) is 70.1 Å². The van der Waals surface area contributed by atoms with E-state index >= 15 is 0 Å².